The summed E-state index contributed by atoms with van der Waals surface area (Å²) in [6.07, 6.45) is 0.578. The van der Waals surface area contributed by atoms with E-state index in [9.17, 15) is 14.7 Å². The van der Waals surface area contributed by atoms with Gasteiger partial charge in [-0.25, -0.2) is 0 Å². The van der Waals surface area contributed by atoms with Crippen molar-refractivity contribution in [3.63, 3.8) is 0 Å². The third-order valence-electron chi connectivity index (χ3n) is 3.25. The van der Waals surface area contributed by atoms with Crippen molar-refractivity contribution in [2.75, 3.05) is 13.1 Å². The van der Waals surface area contributed by atoms with Crippen LogP contribution in [0.15, 0.2) is 24.3 Å². The van der Waals surface area contributed by atoms with Crippen molar-refractivity contribution in [2.45, 2.75) is 25.4 Å². The zero-order chi connectivity index (χ0) is 13.8. The molecule has 1 aromatic rings. The summed E-state index contributed by atoms with van der Waals surface area (Å²) in [6, 6.07) is 6.64. The third-order valence-corrected chi connectivity index (χ3v) is 3.50. The molecule has 1 heterocycles. The van der Waals surface area contributed by atoms with Crippen molar-refractivity contribution in [3.8, 4) is 0 Å². The predicted octanol–water partition coefficient (Wildman–Crippen LogP) is 1.90. The second-order valence-electron chi connectivity index (χ2n) is 4.71. The molecule has 0 aromatic heterocycles. The highest BCUT2D eigenvalue weighted by Gasteiger charge is 2.24. The van der Waals surface area contributed by atoms with Gasteiger partial charge in [0.15, 0.2) is 5.78 Å². The van der Waals surface area contributed by atoms with Crippen LogP contribution in [0.4, 0.5) is 0 Å². The monoisotopic (exact) mass is 281 g/mol. The normalized spacial score (nSPS) is 18.6. The number of hydrogen-bond acceptors (Lipinski definition) is 3. The average molecular weight is 282 g/mol. The molecular formula is C14H16ClNO3. The zero-order valence-corrected chi connectivity index (χ0v) is 11.3. The summed E-state index contributed by atoms with van der Waals surface area (Å²) in [6.45, 7) is 0.961. The van der Waals surface area contributed by atoms with Gasteiger partial charge in [-0.15, -0.1) is 0 Å². The van der Waals surface area contributed by atoms with Gasteiger partial charge in [0.1, 0.15) is 0 Å². The number of rotatable bonds is 4. The molecule has 0 aliphatic carbocycles. The van der Waals surface area contributed by atoms with E-state index in [1.54, 1.807) is 29.2 Å². The Hall–Kier alpha value is -1.39. The van der Waals surface area contributed by atoms with E-state index < -0.39 is 6.10 Å². The maximum atomic E-state index is 11.9. The summed E-state index contributed by atoms with van der Waals surface area (Å²) >= 11 is 5.75. The lowest BCUT2D eigenvalue weighted by Crippen LogP contribution is -2.29. The topological polar surface area (TPSA) is 57.6 Å². The molecule has 1 amide bonds. The molecule has 1 N–H and O–H groups in total. The summed E-state index contributed by atoms with van der Waals surface area (Å²) in [5.41, 5.74) is 0.568. The van der Waals surface area contributed by atoms with E-state index in [1.165, 1.54) is 0 Å². The molecule has 1 aliphatic rings. The molecule has 0 bridgehead atoms. The Labute approximate surface area is 117 Å². The molecule has 19 heavy (non-hydrogen) atoms. The van der Waals surface area contributed by atoms with Crippen molar-refractivity contribution >= 4 is 23.3 Å². The molecule has 0 unspecified atom stereocenters. The quantitative estimate of drug-likeness (QED) is 0.858. The van der Waals surface area contributed by atoms with Gasteiger partial charge >= 0.3 is 0 Å². The van der Waals surface area contributed by atoms with Crippen LogP contribution in [0, 0.1) is 0 Å². The van der Waals surface area contributed by atoms with Crippen LogP contribution < -0.4 is 0 Å². The fourth-order valence-corrected chi connectivity index (χ4v) is 2.25. The molecule has 1 fully saturated rings. The third kappa shape index (κ3) is 3.78. The van der Waals surface area contributed by atoms with Crippen molar-refractivity contribution in [2.24, 2.45) is 0 Å². The Balaban J connectivity index is 1.83. The number of β-amino-alcohol motifs (C(OH)–C–C–N with tert-alkyl or cyclic N) is 1. The van der Waals surface area contributed by atoms with Crippen LogP contribution in [0.1, 0.15) is 29.6 Å². The number of Topliss-reactive ketones (excluding diaryl/α,β-unsaturated/α-hetero) is 1. The molecular weight excluding hydrogens is 266 g/mol. The first kappa shape index (κ1) is 14.0. The molecule has 4 nitrogen and oxygen atoms in total. The van der Waals surface area contributed by atoms with Crippen LogP contribution in [-0.4, -0.2) is 40.9 Å². The number of likely N-dealkylation sites (tertiary alicyclic amines) is 1. The van der Waals surface area contributed by atoms with Gasteiger partial charge in [-0.2, -0.15) is 0 Å². The number of aliphatic hydroxyl groups is 1. The van der Waals surface area contributed by atoms with Gasteiger partial charge in [0.25, 0.3) is 0 Å². The number of carbonyl (C=O) groups is 2. The SMILES string of the molecule is O=C(CCC(=O)N1CC[C@@H](O)C1)c1ccc(Cl)cc1. The molecule has 1 atom stereocenters. The lowest BCUT2D eigenvalue weighted by atomic mass is 10.1. The molecule has 1 aliphatic heterocycles. The average Bonchev–Trinajstić information content (AvgIpc) is 2.83. The fraction of sp³-hybridized carbons (Fsp3) is 0.429. The van der Waals surface area contributed by atoms with Crippen molar-refractivity contribution in [3.05, 3.63) is 34.9 Å². The molecule has 1 aromatic carbocycles. The van der Waals surface area contributed by atoms with Gasteiger partial charge < -0.3 is 10.0 Å². The van der Waals surface area contributed by atoms with E-state index in [1.807, 2.05) is 0 Å². The van der Waals surface area contributed by atoms with Crippen LogP contribution >= 0.6 is 11.6 Å². The van der Waals surface area contributed by atoms with Crippen LogP contribution in [0.2, 0.25) is 5.02 Å². The Morgan fingerprint density at radius 2 is 1.95 bits per heavy atom. The number of benzene rings is 1. The van der Waals surface area contributed by atoms with Crippen molar-refractivity contribution < 1.29 is 14.7 Å². The number of amides is 1. The van der Waals surface area contributed by atoms with E-state index in [0.29, 0.717) is 30.1 Å². The largest absolute Gasteiger partial charge is 0.391 e. The smallest absolute Gasteiger partial charge is 0.223 e. The van der Waals surface area contributed by atoms with Gasteiger partial charge in [0.05, 0.1) is 6.10 Å². The Kier molecular flexibility index (Phi) is 4.56. The number of hydrogen-bond donors (Lipinski definition) is 1. The van der Waals surface area contributed by atoms with E-state index in [-0.39, 0.29) is 24.5 Å². The van der Waals surface area contributed by atoms with Gasteiger partial charge in [0, 0.05) is 36.5 Å². The van der Waals surface area contributed by atoms with E-state index in [2.05, 4.69) is 0 Å². The number of aliphatic hydroxyl groups excluding tert-OH is 1. The highest BCUT2D eigenvalue weighted by molar-refractivity contribution is 6.30. The van der Waals surface area contributed by atoms with Crippen molar-refractivity contribution in [1.29, 1.82) is 0 Å². The standard InChI is InChI=1S/C14H16ClNO3/c15-11-3-1-10(2-4-11)13(18)5-6-14(19)16-8-7-12(17)9-16/h1-4,12,17H,5-9H2/t12-/m1/s1. The molecule has 0 saturated carbocycles. The maximum Gasteiger partial charge on any atom is 0.223 e. The van der Waals surface area contributed by atoms with E-state index in [0.717, 1.165) is 0 Å². The first-order valence-corrected chi connectivity index (χ1v) is 6.68. The van der Waals surface area contributed by atoms with Crippen LogP contribution in [0.5, 0.6) is 0 Å². The van der Waals surface area contributed by atoms with Crippen LogP contribution in [-0.2, 0) is 4.79 Å². The van der Waals surface area contributed by atoms with Crippen LogP contribution in [0.25, 0.3) is 0 Å². The van der Waals surface area contributed by atoms with E-state index >= 15 is 0 Å². The summed E-state index contributed by atoms with van der Waals surface area (Å²) in [4.78, 5) is 25.3. The molecule has 1 saturated heterocycles. The second-order valence-corrected chi connectivity index (χ2v) is 5.15. The minimum absolute atomic E-state index is 0.0650. The Bertz CT molecular complexity index is 472. The number of ketones is 1. The Morgan fingerprint density at radius 1 is 1.26 bits per heavy atom. The maximum absolute atomic E-state index is 11.9. The molecule has 102 valence electrons. The lowest BCUT2D eigenvalue weighted by molar-refractivity contribution is -0.130. The number of carbonyl (C=O) groups excluding carboxylic acids is 2. The minimum atomic E-state index is -0.420. The Morgan fingerprint density at radius 3 is 2.53 bits per heavy atom. The molecule has 0 radical (unpaired) electrons. The predicted molar refractivity (Wildman–Crippen MR) is 72.2 cm³/mol. The highest BCUT2D eigenvalue weighted by atomic mass is 35.5. The molecule has 2 rings (SSSR count). The fourth-order valence-electron chi connectivity index (χ4n) is 2.13. The molecule has 5 heteroatoms. The summed E-state index contributed by atoms with van der Waals surface area (Å²) in [5, 5.41) is 9.94. The zero-order valence-electron chi connectivity index (χ0n) is 10.5. The van der Waals surface area contributed by atoms with Gasteiger partial charge in [0.2, 0.25) is 5.91 Å². The van der Waals surface area contributed by atoms with E-state index in [4.69, 9.17) is 11.6 Å². The van der Waals surface area contributed by atoms with Crippen molar-refractivity contribution in [1.82, 2.24) is 4.90 Å². The van der Waals surface area contributed by atoms with Gasteiger partial charge in [-0.3, -0.25) is 9.59 Å². The number of nitrogens with zero attached hydrogens (tertiary/aromatic N) is 1. The second kappa shape index (κ2) is 6.17. The molecule has 0 spiro atoms. The first-order chi connectivity index (χ1) is 9.06. The summed E-state index contributed by atoms with van der Waals surface area (Å²) in [5.74, 6) is -0.136. The van der Waals surface area contributed by atoms with Gasteiger partial charge in [-0.05, 0) is 30.7 Å². The lowest BCUT2D eigenvalue weighted by Gasteiger charge is -2.14. The van der Waals surface area contributed by atoms with Crippen LogP contribution in [0.3, 0.4) is 0 Å². The number of halogens is 1. The summed E-state index contributed by atoms with van der Waals surface area (Å²) < 4.78 is 0. The minimum Gasteiger partial charge on any atom is -0.391 e. The van der Waals surface area contributed by atoms with Gasteiger partial charge in [-0.1, -0.05) is 11.6 Å². The first-order valence-electron chi connectivity index (χ1n) is 6.31. The highest BCUT2D eigenvalue weighted by Crippen LogP contribution is 2.14. The summed E-state index contributed by atoms with van der Waals surface area (Å²) in [7, 11) is 0.